The van der Waals surface area contributed by atoms with Gasteiger partial charge in [-0.3, -0.25) is 0 Å². The number of benzene rings is 2. The summed E-state index contributed by atoms with van der Waals surface area (Å²) in [6, 6.07) is 11.9. The second-order valence-corrected chi connectivity index (χ2v) is 8.22. The number of anilines is 2. The third kappa shape index (κ3) is 4.67. The van der Waals surface area contributed by atoms with Crippen LogP contribution in [0.4, 0.5) is 17.3 Å². The minimum atomic E-state index is -0.242. The lowest BCUT2D eigenvalue weighted by atomic mass is 10.1. The summed E-state index contributed by atoms with van der Waals surface area (Å²) in [5.74, 6) is 1.48. The topological polar surface area (TPSA) is 65.6 Å². The first-order valence-electron chi connectivity index (χ1n) is 9.65. The molecule has 2 N–H and O–H groups in total. The Morgan fingerprint density at radius 2 is 1.93 bits per heavy atom. The summed E-state index contributed by atoms with van der Waals surface area (Å²) in [6.45, 7) is 11.5. The summed E-state index contributed by atoms with van der Waals surface area (Å²) in [6.07, 6.45) is 1.21. The number of halogens is 2. The highest BCUT2D eigenvalue weighted by Crippen LogP contribution is 2.33. The third-order valence-corrected chi connectivity index (χ3v) is 6.19. The van der Waals surface area contributed by atoms with E-state index in [4.69, 9.17) is 6.57 Å². The lowest BCUT2D eigenvalue weighted by Crippen LogP contribution is -2.36. The number of hydrogen-bond acceptors (Lipinski definition) is 5. The van der Waals surface area contributed by atoms with Gasteiger partial charge in [0.1, 0.15) is 0 Å². The average Bonchev–Trinajstić information content (AvgIpc) is 2.74. The summed E-state index contributed by atoms with van der Waals surface area (Å²) in [5, 5.41) is 24.0. The monoisotopic (exact) mass is 487 g/mol. The van der Waals surface area contributed by atoms with Crippen LogP contribution in [0, 0.1) is 13.5 Å². The first kappa shape index (κ1) is 22.3. The molecule has 3 aromatic rings. The molecular formula is C22H23BrClN5O. The predicted molar refractivity (Wildman–Crippen MR) is 127 cm³/mol. The molecule has 0 unspecified atom stereocenters. The van der Waals surface area contributed by atoms with Crippen LogP contribution >= 0.6 is 28.3 Å². The molecular weight excluding hydrogens is 466 g/mol. The van der Waals surface area contributed by atoms with Gasteiger partial charge >= 0.3 is 0 Å². The van der Waals surface area contributed by atoms with Gasteiger partial charge in [0, 0.05) is 34.9 Å². The Bertz CT molecular complexity index is 1090. The Morgan fingerprint density at radius 3 is 2.63 bits per heavy atom. The second-order valence-electron chi connectivity index (χ2n) is 7.37. The largest absolute Gasteiger partial charge is 0.393 e. The average molecular weight is 489 g/mol. The number of aliphatic hydroxyl groups is 1. The normalized spacial score (nSPS) is 14.3. The van der Waals surface area contributed by atoms with Crippen molar-refractivity contribution < 1.29 is 5.11 Å². The molecule has 1 saturated heterocycles. The highest BCUT2D eigenvalue weighted by Gasteiger charge is 2.21. The van der Waals surface area contributed by atoms with E-state index in [1.807, 2.05) is 18.2 Å². The van der Waals surface area contributed by atoms with E-state index in [1.165, 1.54) is 5.56 Å². The summed E-state index contributed by atoms with van der Waals surface area (Å²) >= 11 is 3.58. The van der Waals surface area contributed by atoms with E-state index in [9.17, 15) is 5.11 Å². The minimum Gasteiger partial charge on any atom is -0.393 e. The standard InChI is InChI=1S/C22H22BrN5O.ClH/c1-14-3-4-15(11-20(14)23)13-25-21-19-12-16(24-2)5-6-18(19)22(27-26-21)28-9-7-17(29)8-10-28;/h3-6,11-12,17,29H,7-10,13H2,1H3,(H,25,26);1H. The summed E-state index contributed by atoms with van der Waals surface area (Å²) in [5.41, 5.74) is 2.90. The number of rotatable bonds is 4. The highest BCUT2D eigenvalue weighted by atomic mass is 79.9. The first-order chi connectivity index (χ1) is 14.0. The molecule has 1 fully saturated rings. The van der Waals surface area contributed by atoms with Crippen molar-refractivity contribution in [2.45, 2.75) is 32.4 Å². The molecule has 6 nitrogen and oxygen atoms in total. The van der Waals surface area contributed by atoms with Gasteiger partial charge in [-0.2, -0.15) is 0 Å². The second kappa shape index (κ2) is 9.61. The van der Waals surface area contributed by atoms with Crippen molar-refractivity contribution >= 4 is 56.4 Å². The van der Waals surface area contributed by atoms with E-state index < -0.39 is 0 Å². The maximum atomic E-state index is 9.81. The van der Waals surface area contributed by atoms with Crippen LogP contribution in [0.5, 0.6) is 0 Å². The van der Waals surface area contributed by atoms with Crippen molar-refractivity contribution in [1.29, 1.82) is 0 Å². The van der Waals surface area contributed by atoms with Gasteiger partial charge in [-0.15, -0.1) is 22.6 Å². The Balaban J connectivity index is 0.00000256. The van der Waals surface area contributed by atoms with Crippen LogP contribution in [0.25, 0.3) is 15.6 Å². The van der Waals surface area contributed by atoms with Crippen LogP contribution in [0.2, 0.25) is 0 Å². The molecule has 30 heavy (non-hydrogen) atoms. The van der Waals surface area contributed by atoms with Crippen LogP contribution in [-0.4, -0.2) is 34.5 Å². The van der Waals surface area contributed by atoms with E-state index in [2.05, 4.69) is 66.3 Å². The molecule has 1 aromatic heterocycles. The number of aliphatic hydroxyl groups excluding tert-OH is 1. The summed E-state index contributed by atoms with van der Waals surface area (Å²) < 4.78 is 1.07. The molecule has 0 amide bonds. The molecule has 2 aromatic carbocycles. The molecule has 0 aliphatic carbocycles. The van der Waals surface area contributed by atoms with Crippen molar-refractivity contribution in [3.05, 3.63) is 63.4 Å². The van der Waals surface area contributed by atoms with E-state index >= 15 is 0 Å². The Kier molecular flexibility index (Phi) is 7.14. The van der Waals surface area contributed by atoms with Crippen molar-refractivity contribution in [2.24, 2.45) is 0 Å². The molecule has 0 atom stereocenters. The molecule has 0 spiro atoms. The number of nitrogens with zero attached hydrogens (tertiary/aromatic N) is 4. The number of piperidine rings is 1. The van der Waals surface area contributed by atoms with Crippen LogP contribution in [0.15, 0.2) is 40.9 Å². The number of hydrogen-bond donors (Lipinski definition) is 2. The smallest absolute Gasteiger partial charge is 0.188 e. The highest BCUT2D eigenvalue weighted by molar-refractivity contribution is 9.10. The van der Waals surface area contributed by atoms with Crippen molar-refractivity contribution in [3.8, 4) is 0 Å². The number of aromatic nitrogens is 2. The zero-order valence-corrected chi connectivity index (χ0v) is 19.0. The zero-order valence-electron chi connectivity index (χ0n) is 16.6. The van der Waals surface area contributed by atoms with Crippen molar-refractivity contribution in [3.63, 3.8) is 0 Å². The zero-order chi connectivity index (χ0) is 20.4. The van der Waals surface area contributed by atoms with Crippen LogP contribution in [0.3, 0.4) is 0 Å². The van der Waals surface area contributed by atoms with E-state index in [-0.39, 0.29) is 18.5 Å². The van der Waals surface area contributed by atoms with Gasteiger partial charge in [-0.05, 0) is 43.0 Å². The van der Waals surface area contributed by atoms with Gasteiger partial charge in [0.25, 0.3) is 0 Å². The summed E-state index contributed by atoms with van der Waals surface area (Å²) in [4.78, 5) is 5.74. The molecule has 4 rings (SSSR count). The van der Waals surface area contributed by atoms with Crippen LogP contribution in [-0.2, 0) is 6.54 Å². The molecule has 2 heterocycles. The fourth-order valence-electron chi connectivity index (χ4n) is 3.57. The fraction of sp³-hybridized carbons (Fsp3) is 0.318. The minimum absolute atomic E-state index is 0. The molecule has 0 bridgehead atoms. The molecule has 0 radical (unpaired) electrons. The lowest BCUT2D eigenvalue weighted by molar-refractivity contribution is 0.145. The van der Waals surface area contributed by atoms with E-state index in [0.29, 0.717) is 18.1 Å². The van der Waals surface area contributed by atoms with E-state index in [1.54, 1.807) is 0 Å². The quantitative estimate of drug-likeness (QED) is 0.491. The van der Waals surface area contributed by atoms with Crippen LogP contribution < -0.4 is 10.2 Å². The third-order valence-electron chi connectivity index (χ3n) is 5.33. The Morgan fingerprint density at radius 1 is 1.17 bits per heavy atom. The number of aryl methyl sites for hydroxylation is 1. The van der Waals surface area contributed by atoms with Gasteiger partial charge in [0.15, 0.2) is 17.3 Å². The SMILES string of the molecule is Cl.[C-]#[N+]c1ccc2c(N3CCC(O)CC3)nnc(NCc3ccc(C)c(Br)c3)c2c1. The van der Waals surface area contributed by atoms with Gasteiger partial charge in [-0.1, -0.05) is 40.2 Å². The maximum absolute atomic E-state index is 9.81. The Hall–Kier alpha value is -2.40. The Labute approximate surface area is 190 Å². The van der Waals surface area contributed by atoms with Gasteiger partial charge in [-0.25, -0.2) is 4.85 Å². The predicted octanol–water partition coefficient (Wildman–Crippen LogP) is 5.25. The number of nitrogens with one attached hydrogen (secondary N) is 1. The molecule has 156 valence electrons. The molecule has 8 heteroatoms. The van der Waals surface area contributed by atoms with Crippen LogP contribution in [0.1, 0.15) is 24.0 Å². The van der Waals surface area contributed by atoms with E-state index in [0.717, 1.165) is 52.6 Å². The van der Waals surface area contributed by atoms with Gasteiger partial charge in [0.05, 0.1) is 12.7 Å². The summed E-state index contributed by atoms with van der Waals surface area (Å²) in [7, 11) is 0. The van der Waals surface area contributed by atoms with Crippen molar-refractivity contribution in [2.75, 3.05) is 23.3 Å². The van der Waals surface area contributed by atoms with Gasteiger partial charge in [0.2, 0.25) is 0 Å². The van der Waals surface area contributed by atoms with Gasteiger partial charge < -0.3 is 15.3 Å². The molecule has 1 aliphatic heterocycles. The number of fused-ring (bicyclic) bond motifs is 1. The lowest BCUT2D eigenvalue weighted by Gasteiger charge is -2.31. The molecule has 0 saturated carbocycles. The first-order valence-corrected chi connectivity index (χ1v) is 10.4. The molecule has 1 aliphatic rings. The fourth-order valence-corrected chi connectivity index (χ4v) is 4.00. The maximum Gasteiger partial charge on any atom is 0.188 e. The van der Waals surface area contributed by atoms with Crippen molar-refractivity contribution in [1.82, 2.24) is 10.2 Å².